The molecule has 0 aliphatic heterocycles. The Bertz CT molecular complexity index is 931. The third-order valence-electron chi connectivity index (χ3n) is 6.80. The number of rotatable bonds is 7. The Hall–Kier alpha value is 3.72. The molecule has 44 heavy (non-hydrogen) atoms. The molecule has 7 nitrogen and oxygen atoms in total. The zero-order valence-corrected chi connectivity index (χ0v) is 41.8. The Morgan fingerprint density at radius 3 is 0.841 bits per heavy atom. The van der Waals surface area contributed by atoms with Crippen molar-refractivity contribution < 1.29 is 149 Å². The standard InChI is InChI=1S/C15H22BN6.C8H20N.CH2Cl2.3Cu.3HI.Mo.3S/c1-10-7-13(4)20(17-10)16(21-14(5)8-11(2)18-21)22-15(6)9-12(3)19-22;1-5-9(6-2,7-3)8-4;2-1-3;;;;;;;;;;/h7-9,16H,1-6H3;5-8H2,1-4H3;1H2;;;;3*1H;;;;/q-1;+1;;3*+2;;;;+3;3*-2/p-3. The second kappa shape index (κ2) is 38.0. The van der Waals surface area contributed by atoms with E-state index < -0.39 is 7.12 Å². The van der Waals surface area contributed by atoms with Crippen LogP contribution in [-0.2, 0) is 113 Å². The van der Waals surface area contributed by atoms with Gasteiger partial charge < -0.3 is 131 Å². The van der Waals surface area contributed by atoms with Gasteiger partial charge in [-0.3, -0.25) is 0 Å². The van der Waals surface area contributed by atoms with Gasteiger partial charge in [-0.05, 0) is 105 Å². The summed E-state index contributed by atoms with van der Waals surface area (Å²) in [7, 11) is -1.26. The van der Waals surface area contributed by atoms with Gasteiger partial charge in [0.1, 0.15) is 0 Å². The normalized spacial score (nSPS) is 8.66. The predicted molar refractivity (Wildman–Crippen MR) is 170 cm³/mol. The zero-order chi connectivity index (χ0) is 26.1. The maximum absolute atomic E-state index is 4.76. The molecule has 0 spiro atoms. The van der Waals surface area contributed by atoms with E-state index >= 15 is 0 Å². The van der Waals surface area contributed by atoms with Crippen molar-refractivity contribution in [2.45, 2.75) is 69.2 Å². The van der Waals surface area contributed by atoms with Crippen LogP contribution in [0.4, 0.5) is 0 Å². The summed E-state index contributed by atoms with van der Waals surface area (Å²) in [5.41, 5.74) is 6.40. The third-order valence-corrected chi connectivity index (χ3v) is 6.80. The number of nitrogens with zero attached hydrogens (tertiary/aromatic N) is 7. The predicted octanol–water partition coefficient (Wildman–Crippen LogP) is -3.91. The molecule has 0 aliphatic rings. The number of hydrogen-bond donors (Lipinski definition) is 0. The van der Waals surface area contributed by atoms with Gasteiger partial charge in [-0.2, -0.15) is 0 Å². The molecule has 0 aromatic carbocycles. The van der Waals surface area contributed by atoms with Crippen molar-refractivity contribution in [1.82, 2.24) is 29.1 Å². The van der Waals surface area contributed by atoms with E-state index in [1.54, 1.807) is 0 Å². The first kappa shape index (κ1) is 73.2. The topological polar surface area (TPSA) is 53.5 Å². The van der Waals surface area contributed by atoms with E-state index in [-0.39, 0.29) is 190 Å². The van der Waals surface area contributed by atoms with Crippen molar-refractivity contribution in [1.29, 1.82) is 0 Å². The van der Waals surface area contributed by atoms with E-state index in [1.807, 2.05) is 20.8 Å². The molecule has 4 radical (unpaired) electrons. The van der Waals surface area contributed by atoms with Crippen LogP contribution in [0.15, 0.2) is 18.2 Å². The number of alkyl halides is 2. The molecule has 3 aromatic rings. The van der Waals surface area contributed by atoms with E-state index in [9.17, 15) is 0 Å². The van der Waals surface area contributed by atoms with Crippen LogP contribution in [0, 0.1) is 41.5 Å². The van der Waals surface area contributed by atoms with Gasteiger partial charge in [0.15, 0.2) is 0 Å². The fraction of sp³-hybridized carbons (Fsp3) is 0.625. The summed E-state index contributed by atoms with van der Waals surface area (Å²) in [4.78, 5) is 0. The van der Waals surface area contributed by atoms with Crippen molar-refractivity contribution in [3.63, 3.8) is 0 Å². The SMILES string of the molecule is CC[N+](CC)(CC)CC.Cc1cc(C)n([BH-](n2nc(C)cc2C)n2nc(C)cc2C)n1.ClCCl.[Cu+2].[Cu+2].[Cu+2].[I-].[I-].[I-].[Mo+3].[S-2].[S-2].[S-2]. The number of aromatic nitrogens is 6. The number of aryl methyl sites for hydroxylation is 6. The van der Waals surface area contributed by atoms with Crippen LogP contribution < -0.4 is 71.9 Å². The number of hydrogen-bond acceptors (Lipinski definition) is 3. The number of halogens is 5. The van der Waals surface area contributed by atoms with Crippen molar-refractivity contribution in [2.75, 3.05) is 31.5 Å². The van der Waals surface area contributed by atoms with Gasteiger partial charge in [-0.15, -0.1) is 23.2 Å². The van der Waals surface area contributed by atoms with Crippen molar-refractivity contribution in [3.8, 4) is 0 Å². The van der Waals surface area contributed by atoms with Crippen molar-refractivity contribution >= 4 is 70.8 Å². The fourth-order valence-electron chi connectivity index (χ4n) is 4.61. The molecule has 0 amide bonds. The van der Waals surface area contributed by atoms with Crippen molar-refractivity contribution in [2.24, 2.45) is 0 Å². The summed E-state index contributed by atoms with van der Waals surface area (Å²) in [5.74, 6) is 0. The van der Waals surface area contributed by atoms with E-state index in [1.165, 1.54) is 30.7 Å². The van der Waals surface area contributed by atoms with Gasteiger partial charge in [0, 0.05) is 0 Å². The minimum absolute atomic E-state index is 0. The van der Waals surface area contributed by atoms with E-state index in [0.717, 1.165) is 34.2 Å². The Kier molecular flexibility index (Phi) is 63.2. The monoisotopic (exact) mass is 1270 g/mol. The maximum atomic E-state index is 4.76. The van der Waals surface area contributed by atoms with Gasteiger partial charge >= 0.3 is 79.4 Å². The summed E-state index contributed by atoms with van der Waals surface area (Å²) in [6.45, 7) is 26.5. The fourth-order valence-corrected chi connectivity index (χ4v) is 4.61. The third kappa shape index (κ3) is 22.5. The van der Waals surface area contributed by atoms with Crippen LogP contribution in [0.25, 0.3) is 0 Å². The van der Waals surface area contributed by atoms with E-state index in [2.05, 4.69) is 80.4 Å². The molecule has 0 atom stereocenters. The molecule has 0 saturated carbocycles. The average molecular weight is 1280 g/mol. The zero-order valence-electron chi connectivity index (χ0n) is 26.5. The van der Waals surface area contributed by atoms with Gasteiger partial charge in [0.2, 0.25) is 0 Å². The number of quaternary nitrogens is 1. The quantitative estimate of drug-likeness (QED) is 0.105. The largest absolute Gasteiger partial charge is 3.00 e. The molecule has 0 N–H and O–H groups in total. The van der Waals surface area contributed by atoms with Gasteiger partial charge in [-0.1, -0.05) is 0 Å². The Morgan fingerprint density at radius 1 is 0.568 bits per heavy atom. The van der Waals surface area contributed by atoms with Gasteiger partial charge in [0.05, 0.1) is 48.6 Å². The first-order chi connectivity index (χ1) is 16.0. The second-order valence-electron chi connectivity index (χ2n) is 8.91. The van der Waals surface area contributed by atoms with Crippen LogP contribution in [0.3, 0.4) is 0 Å². The molecule has 0 unspecified atom stereocenters. The smallest absolute Gasteiger partial charge is 2.00 e. The minimum Gasteiger partial charge on any atom is -2.00 e. The van der Waals surface area contributed by atoms with Crippen LogP contribution in [0.1, 0.15) is 61.9 Å². The molecule has 20 heteroatoms. The Balaban J connectivity index is -0.0000000582. The molecule has 0 fully saturated rings. The summed E-state index contributed by atoms with van der Waals surface area (Å²) in [5, 5.41) is 14.3. The van der Waals surface area contributed by atoms with Gasteiger partial charge in [-0.25, -0.2) is 15.3 Å². The molecule has 0 bridgehead atoms. The average Bonchev–Trinajstić information content (AvgIpc) is 3.42. The minimum atomic E-state index is -1.26. The molecule has 3 aromatic heterocycles. The molecule has 270 valence electrons. The Labute approximate surface area is 396 Å². The van der Waals surface area contributed by atoms with Crippen LogP contribution >= 0.6 is 23.2 Å². The van der Waals surface area contributed by atoms with Crippen molar-refractivity contribution in [3.05, 3.63) is 52.4 Å². The Morgan fingerprint density at radius 2 is 0.750 bits per heavy atom. The first-order valence-electron chi connectivity index (χ1n) is 12.3. The molecule has 0 saturated heterocycles. The molecular weight excluding hydrogens is 1230 g/mol. The molecular formula is C24H44BCl2Cu3I3MoN7S3. The molecule has 0 aliphatic carbocycles. The van der Waals surface area contributed by atoms with E-state index in [4.69, 9.17) is 38.5 Å². The molecule has 3 heterocycles. The maximum Gasteiger partial charge on any atom is 3.00 e. The van der Waals surface area contributed by atoms with Gasteiger partial charge in [0.25, 0.3) is 0 Å². The summed E-state index contributed by atoms with van der Waals surface area (Å²) in [6, 6.07) is 6.28. The summed E-state index contributed by atoms with van der Waals surface area (Å²) in [6.07, 6.45) is 0. The first-order valence-corrected chi connectivity index (χ1v) is 13.3. The summed E-state index contributed by atoms with van der Waals surface area (Å²) < 4.78 is 7.47. The van der Waals surface area contributed by atoms with E-state index in [0.29, 0.717) is 0 Å². The summed E-state index contributed by atoms with van der Waals surface area (Å²) >= 11 is 9.53. The second-order valence-corrected chi connectivity index (χ2v) is 9.72. The van der Waals surface area contributed by atoms with Crippen LogP contribution in [0.5, 0.6) is 0 Å². The molecule has 3 rings (SSSR count). The van der Waals surface area contributed by atoms with Crippen LogP contribution in [-0.4, -0.2) is 72.2 Å². The van der Waals surface area contributed by atoms with Crippen LogP contribution in [0.2, 0.25) is 0 Å².